The maximum Gasteiger partial charge on any atom is 0.127 e. The molecule has 3 heteroatoms. The van der Waals surface area contributed by atoms with Crippen molar-refractivity contribution in [1.82, 2.24) is 5.43 Å². The summed E-state index contributed by atoms with van der Waals surface area (Å²) >= 11 is 0. The second kappa shape index (κ2) is 5.62. The summed E-state index contributed by atoms with van der Waals surface area (Å²) in [6, 6.07) is 6.79. The highest BCUT2D eigenvalue weighted by Crippen LogP contribution is 2.51. The van der Waals surface area contributed by atoms with Gasteiger partial charge in [-0.2, -0.15) is 0 Å². The largest absolute Gasteiger partial charge is 0.493 e. The highest BCUT2D eigenvalue weighted by Gasteiger charge is 2.40. The van der Waals surface area contributed by atoms with E-state index >= 15 is 0 Å². The molecule has 0 saturated heterocycles. The molecule has 4 atom stereocenters. The lowest BCUT2D eigenvalue weighted by molar-refractivity contribution is 0.261. The first-order chi connectivity index (χ1) is 10.3. The number of aryl methyl sites for hydroxylation is 1. The van der Waals surface area contributed by atoms with Gasteiger partial charge in [-0.3, -0.25) is 11.3 Å². The van der Waals surface area contributed by atoms with Crippen LogP contribution in [0.25, 0.3) is 0 Å². The summed E-state index contributed by atoms with van der Waals surface area (Å²) in [5.41, 5.74) is 5.70. The van der Waals surface area contributed by atoms with E-state index in [1.807, 2.05) is 0 Å². The Labute approximate surface area is 127 Å². The SMILES string of the molecule is NNC(CC1CC2CCC1C2)c1cccc2c1OCCC2. The smallest absolute Gasteiger partial charge is 0.127 e. The van der Waals surface area contributed by atoms with Crippen LogP contribution >= 0.6 is 0 Å². The Morgan fingerprint density at radius 1 is 1.29 bits per heavy atom. The number of hydrazine groups is 1. The summed E-state index contributed by atoms with van der Waals surface area (Å²) in [5.74, 6) is 9.82. The van der Waals surface area contributed by atoms with E-state index in [0.717, 1.165) is 49.4 Å². The molecule has 1 aliphatic heterocycles. The third kappa shape index (κ3) is 2.47. The molecule has 1 aromatic rings. The van der Waals surface area contributed by atoms with Crippen molar-refractivity contribution in [2.45, 2.75) is 51.0 Å². The molecule has 1 heterocycles. The molecule has 2 bridgehead atoms. The standard InChI is InChI=1S/C18H26N2O/c19-20-17(11-15-10-12-6-7-14(15)9-12)16-5-1-3-13-4-2-8-21-18(13)16/h1,3,5,12,14-15,17,20H,2,4,6-11,19H2. The molecular weight excluding hydrogens is 260 g/mol. The van der Waals surface area contributed by atoms with Crippen LogP contribution in [0.4, 0.5) is 0 Å². The minimum absolute atomic E-state index is 0.238. The van der Waals surface area contributed by atoms with E-state index in [9.17, 15) is 0 Å². The Morgan fingerprint density at radius 3 is 3.00 bits per heavy atom. The van der Waals surface area contributed by atoms with Crippen LogP contribution in [0.2, 0.25) is 0 Å². The van der Waals surface area contributed by atoms with E-state index in [1.165, 1.54) is 36.8 Å². The molecule has 0 spiro atoms. The fourth-order valence-corrected chi connectivity index (χ4v) is 4.94. The lowest BCUT2D eigenvalue weighted by Gasteiger charge is -2.29. The number of hydrogen-bond acceptors (Lipinski definition) is 3. The molecular formula is C18H26N2O. The number of nitrogens with one attached hydrogen (secondary N) is 1. The third-order valence-corrected chi connectivity index (χ3v) is 5.96. The number of hydrogen-bond donors (Lipinski definition) is 2. The van der Waals surface area contributed by atoms with Crippen LogP contribution < -0.4 is 16.0 Å². The minimum atomic E-state index is 0.238. The van der Waals surface area contributed by atoms with Crippen LogP contribution in [-0.4, -0.2) is 6.61 Å². The monoisotopic (exact) mass is 286 g/mol. The zero-order valence-corrected chi connectivity index (χ0v) is 12.7. The second-order valence-electron chi connectivity index (χ2n) is 7.18. The molecule has 21 heavy (non-hydrogen) atoms. The van der Waals surface area contributed by atoms with Gasteiger partial charge in [-0.25, -0.2) is 0 Å². The molecule has 0 amide bonds. The highest BCUT2D eigenvalue weighted by molar-refractivity contribution is 5.44. The summed E-state index contributed by atoms with van der Waals surface area (Å²) in [6.07, 6.45) is 9.21. The fraction of sp³-hybridized carbons (Fsp3) is 0.667. The first-order valence-electron chi connectivity index (χ1n) is 8.56. The van der Waals surface area contributed by atoms with Gasteiger partial charge in [-0.05, 0) is 61.8 Å². The molecule has 0 radical (unpaired) electrons. The maximum absolute atomic E-state index is 5.97. The van der Waals surface area contributed by atoms with Crippen LogP contribution in [0.5, 0.6) is 5.75 Å². The van der Waals surface area contributed by atoms with Gasteiger partial charge in [0.15, 0.2) is 0 Å². The lowest BCUT2D eigenvalue weighted by Crippen LogP contribution is -2.31. The second-order valence-corrected chi connectivity index (χ2v) is 7.18. The average molecular weight is 286 g/mol. The first-order valence-corrected chi connectivity index (χ1v) is 8.56. The molecule has 0 aromatic heterocycles. The van der Waals surface area contributed by atoms with Crippen LogP contribution in [0.1, 0.15) is 55.7 Å². The fourth-order valence-electron chi connectivity index (χ4n) is 4.94. The van der Waals surface area contributed by atoms with Crippen LogP contribution in [0.3, 0.4) is 0 Å². The van der Waals surface area contributed by atoms with E-state index in [4.69, 9.17) is 10.6 Å². The van der Waals surface area contributed by atoms with E-state index in [-0.39, 0.29) is 6.04 Å². The third-order valence-electron chi connectivity index (χ3n) is 5.96. The Kier molecular flexibility index (Phi) is 3.64. The van der Waals surface area contributed by atoms with Crippen molar-refractivity contribution in [2.75, 3.05) is 6.61 Å². The number of ether oxygens (including phenoxy) is 1. The zero-order chi connectivity index (χ0) is 14.2. The number of fused-ring (bicyclic) bond motifs is 3. The summed E-state index contributed by atoms with van der Waals surface area (Å²) in [5, 5.41) is 0. The van der Waals surface area contributed by atoms with Gasteiger partial charge < -0.3 is 4.74 Å². The van der Waals surface area contributed by atoms with Gasteiger partial charge in [0.2, 0.25) is 0 Å². The lowest BCUT2D eigenvalue weighted by atomic mass is 9.82. The summed E-state index contributed by atoms with van der Waals surface area (Å²) in [6.45, 7) is 0.843. The van der Waals surface area contributed by atoms with Crippen molar-refractivity contribution in [3.8, 4) is 5.75 Å². The van der Waals surface area contributed by atoms with Gasteiger partial charge in [-0.15, -0.1) is 0 Å². The predicted molar refractivity (Wildman–Crippen MR) is 83.9 cm³/mol. The van der Waals surface area contributed by atoms with Crippen molar-refractivity contribution >= 4 is 0 Å². The summed E-state index contributed by atoms with van der Waals surface area (Å²) in [4.78, 5) is 0. The van der Waals surface area contributed by atoms with Gasteiger partial charge in [0.1, 0.15) is 5.75 Å². The van der Waals surface area contributed by atoms with Gasteiger partial charge >= 0.3 is 0 Å². The van der Waals surface area contributed by atoms with Gasteiger partial charge in [0, 0.05) is 11.6 Å². The van der Waals surface area contributed by atoms with Crippen LogP contribution in [-0.2, 0) is 6.42 Å². The van der Waals surface area contributed by atoms with Gasteiger partial charge in [-0.1, -0.05) is 24.6 Å². The van der Waals surface area contributed by atoms with Crippen molar-refractivity contribution in [2.24, 2.45) is 23.6 Å². The van der Waals surface area contributed by atoms with Crippen LogP contribution in [0.15, 0.2) is 18.2 Å². The van der Waals surface area contributed by atoms with Crippen LogP contribution in [0, 0.1) is 17.8 Å². The molecule has 4 rings (SSSR count). The molecule has 1 aromatic carbocycles. The number of nitrogens with two attached hydrogens (primary N) is 1. The molecule has 2 fully saturated rings. The van der Waals surface area contributed by atoms with Crippen molar-refractivity contribution in [3.05, 3.63) is 29.3 Å². The first kappa shape index (κ1) is 13.6. The maximum atomic E-state index is 5.97. The van der Waals surface area contributed by atoms with Gasteiger partial charge in [0.05, 0.1) is 6.61 Å². The van der Waals surface area contributed by atoms with E-state index < -0.39 is 0 Å². The van der Waals surface area contributed by atoms with E-state index in [0.29, 0.717) is 0 Å². The topological polar surface area (TPSA) is 47.3 Å². The Balaban J connectivity index is 1.56. The molecule has 3 nitrogen and oxygen atoms in total. The number of para-hydroxylation sites is 1. The normalized spacial score (nSPS) is 31.8. The average Bonchev–Trinajstić information content (AvgIpc) is 3.15. The molecule has 3 N–H and O–H groups in total. The minimum Gasteiger partial charge on any atom is -0.493 e. The Hall–Kier alpha value is -1.06. The van der Waals surface area contributed by atoms with E-state index in [1.54, 1.807) is 0 Å². The molecule has 3 aliphatic rings. The quantitative estimate of drug-likeness (QED) is 0.659. The summed E-state index contributed by atoms with van der Waals surface area (Å²) < 4.78 is 5.97. The molecule has 4 unspecified atom stereocenters. The predicted octanol–water partition coefficient (Wildman–Crippen LogP) is 3.34. The van der Waals surface area contributed by atoms with Crippen molar-refractivity contribution in [1.29, 1.82) is 0 Å². The van der Waals surface area contributed by atoms with Crippen molar-refractivity contribution < 1.29 is 4.74 Å². The zero-order valence-electron chi connectivity index (χ0n) is 12.7. The van der Waals surface area contributed by atoms with E-state index in [2.05, 4.69) is 23.6 Å². The van der Waals surface area contributed by atoms with Gasteiger partial charge in [0.25, 0.3) is 0 Å². The Morgan fingerprint density at radius 2 is 2.24 bits per heavy atom. The van der Waals surface area contributed by atoms with Crippen molar-refractivity contribution in [3.63, 3.8) is 0 Å². The highest BCUT2D eigenvalue weighted by atomic mass is 16.5. The Bertz CT molecular complexity index is 516. The number of rotatable bonds is 4. The molecule has 2 aliphatic carbocycles. The molecule has 2 saturated carbocycles. The number of benzene rings is 1. The summed E-state index contributed by atoms with van der Waals surface area (Å²) in [7, 11) is 0. The molecule has 114 valence electrons.